The molecule has 0 saturated carbocycles. The van der Waals surface area contributed by atoms with Gasteiger partial charge in [0.05, 0.1) is 28.9 Å². The zero-order valence-electron chi connectivity index (χ0n) is 18.7. The minimum Gasteiger partial charge on any atom is -0.478 e. The molecule has 0 amide bonds. The third kappa shape index (κ3) is 9.08. The molecule has 0 spiro atoms. The van der Waals surface area contributed by atoms with Crippen molar-refractivity contribution >= 4 is 23.9 Å². The maximum absolute atomic E-state index is 12.3. The van der Waals surface area contributed by atoms with Gasteiger partial charge in [-0.2, -0.15) is 0 Å². The summed E-state index contributed by atoms with van der Waals surface area (Å²) in [5.74, 6) is -6.02. The number of aromatic carboxylic acids is 3. The van der Waals surface area contributed by atoms with Gasteiger partial charge in [-0.05, 0) is 18.6 Å². The summed E-state index contributed by atoms with van der Waals surface area (Å²) in [5.41, 5.74) is -2.99. The van der Waals surface area contributed by atoms with Gasteiger partial charge in [-0.3, -0.25) is 0 Å². The Kier molecular flexibility index (Phi) is 12.7. The van der Waals surface area contributed by atoms with E-state index >= 15 is 0 Å². The fraction of sp³-hybridized carbons (Fsp3) is 0.583. The highest BCUT2D eigenvalue weighted by molar-refractivity contribution is 6.14. The van der Waals surface area contributed by atoms with E-state index in [1.54, 1.807) is 0 Å². The monoisotopic (exact) mass is 450 g/mol. The highest BCUT2D eigenvalue weighted by atomic mass is 16.5. The average molecular weight is 451 g/mol. The van der Waals surface area contributed by atoms with E-state index in [-0.39, 0.29) is 6.61 Å². The normalized spacial score (nSPS) is 10.7. The summed E-state index contributed by atoms with van der Waals surface area (Å²) in [6.07, 6.45) is 13.8. The summed E-state index contributed by atoms with van der Waals surface area (Å²) in [7, 11) is 0. The molecule has 0 fully saturated rings. The maximum atomic E-state index is 12.3. The molecule has 8 heteroatoms. The summed E-state index contributed by atoms with van der Waals surface area (Å²) in [4.78, 5) is 46.5. The quantitative estimate of drug-likeness (QED) is 0.205. The van der Waals surface area contributed by atoms with Gasteiger partial charge in [-0.15, -0.1) is 0 Å². The molecule has 1 aromatic carbocycles. The number of carboxylic acid groups (broad SMARTS) is 3. The molecule has 0 bridgehead atoms. The molecule has 0 heterocycles. The van der Waals surface area contributed by atoms with Gasteiger partial charge in [0, 0.05) is 0 Å². The van der Waals surface area contributed by atoms with E-state index in [0.29, 0.717) is 6.42 Å². The zero-order chi connectivity index (χ0) is 23.9. The van der Waals surface area contributed by atoms with Crippen LogP contribution in [-0.4, -0.2) is 45.8 Å². The minimum atomic E-state index is -1.74. The molecule has 0 radical (unpaired) electrons. The molecule has 3 N–H and O–H groups in total. The summed E-state index contributed by atoms with van der Waals surface area (Å²) in [5, 5.41) is 27.8. The second kappa shape index (κ2) is 15.0. The molecule has 8 nitrogen and oxygen atoms in total. The summed E-state index contributed by atoms with van der Waals surface area (Å²) in [6, 6.07) is 1.88. The summed E-state index contributed by atoms with van der Waals surface area (Å²) in [6.45, 7) is 2.29. The van der Waals surface area contributed by atoms with Gasteiger partial charge >= 0.3 is 23.9 Å². The third-order valence-electron chi connectivity index (χ3n) is 5.31. The van der Waals surface area contributed by atoms with Gasteiger partial charge < -0.3 is 20.1 Å². The van der Waals surface area contributed by atoms with Crippen LogP contribution in [0, 0.1) is 0 Å². The molecule has 0 aliphatic carbocycles. The zero-order valence-corrected chi connectivity index (χ0v) is 18.7. The van der Waals surface area contributed by atoms with Crippen LogP contribution in [0.4, 0.5) is 0 Å². The number of carboxylic acids is 3. The first kappa shape index (κ1) is 27.1. The van der Waals surface area contributed by atoms with Crippen molar-refractivity contribution in [3.05, 3.63) is 34.4 Å². The number of unbranched alkanes of at least 4 members (excludes halogenated alkanes) is 11. The lowest BCUT2D eigenvalue weighted by atomic mass is 9.95. The Morgan fingerprint density at radius 2 is 1.03 bits per heavy atom. The summed E-state index contributed by atoms with van der Waals surface area (Å²) >= 11 is 0. The van der Waals surface area contributed by atoms with Crippen molar-refractivity contribution in [2.75, 3.05) is 6.61 Å². The van der Waals surface area contributed by atoms with Gasteiger partial charge in [0.2, 0.25) is 0 Å². The Balaban J connectivity index is 2.43. The van der Waals surface area contributed by atoms with E-state index in [4.69, 9.17) is 9.84 Å². The Morgan fingerprint density at radius 1 is 0.625 bits per heavy atom. The number of esters is 1. The number of benzene rings is 1. The van der Waals surface area contributed by atoms with E-state index < -0.39 is 46.1 Å². The molecule has 1 aromatic rings. The largest absolute Gasteiger partial charge is 0.478 e. The number of hydrogen-bond acceptors (Lipinski definition) is 5. The molecule has 0 aliphatic heterocycles. The van der Waals surface area contributed by atoms with Crippen LogP contribution in [0.2, 0.25) is 0 Å². The van der Waals surface area contributed by atoms with Crippen LogP contribution in [0.5, 0.6) is 0 Å². The predicted molar refractivity (Wildman–Crippen MR) is 119 cm³/mol. The van der Waals surface area contributed by atoms with E-state index in [0.717, 1.165) is 31.4 Å². The molecule has 0 saturated heterocycles. The number of hydrogen-bond donors (Lipinski definition) is 3. The number of carbonyl (C=O) groups excluding carboxylic acids is 1. The lowest BCUT2D eigenvalue weighted by Gasteiger charge is -2.11. The molecule has 178 valence electrons. The van der Waals surface area contributed by atoms with Gasteiger partial charge in [0.25, 0.3) is 0 Å². The van der Waals surface area contributed by atoms with Gasteiger partial charge in [0.15, 0.2) is 0 Å². The molecular formula is C24H34O8. The topological polar surface area (TPSA) is 138 Å². The van der Waals surface area contributed by atoms with E-state index in [1.165, 1.54) is 51.4 Å². The van der Waals surface area contributed by atoms with Crippen molar-refractivity contribution in [3.63, 3.8) is 0 Å². The van der Waals surface area contributed by atoms with Crippen LogP contribution in [0.1, 0.15) is 125 Å². The molecular weight excluding hydrogens is 416 g/mol. The van der Waals surface area contributed by atoms with Crippen molar-refractivity contribution in [2.45, 2.75) is 84.0 Å². The lowest BCUT2D eigenvalue weighted by Crippen LogP contribution is -2.20. The van der Waals surface area contributed by atoms with Crippen molar-refractivity contribution in [2.24, 2.45) is 0 Å². The second-order valence-electron chi connectivity index (χ2n) is 7.85. The first-order chi connectivity index (χ1) is 15.3. The van der Waals surface area contributed by atoms with Crippen molar-refractivity contribution in [1.82, 2.24) is 0 Å². The number of rotatable bonds is 17. The molecule has 0 atom stereocenters. The minimum absolute atomic E-state index is 0.0818. The first-order valence-electron chi connectivity index (χ1n) is 11.3. The Bertz CT molecular complexity index is 784. The van der Waals surface area contributed by atoms with E-state index in [1.807, 2.05) is 0 Å². The SMILES string of the molecule is CCCCCCCCCCCCCCOC(=O)c1ccc(C(=O)O)c(C(=O)O)c1C(=O)O. The standard InChI is InChI=1S/C24H34O8/c1-2-3-4-5-6-7-8-9-10-11-12-13-16-32-24(31)18-15-14-17(21(25)26)19(22(27)28)20(18)23(29)30/h14-15H,2-13,16H2,1H3,(H,25,26)(H,27,28)(H,29,30). The molecule has 0 unspecified atom stereocenters. The Labute approximate surface area is 188 Å². The van der Waals surface area contributed by atoms with Crippen molar-refractivity contribution in [1.29, 1.82) is 0 Å². The Morgan fingerprint density at radius 3 is 1.47 bits per heavy atom. The van der Waals surface area contributed by atoms with Crippen LogP contribution in [0.3, 0.4) is 0 Å². The number of ether oxygens (including phenoxy) is 1. The van der Waals surface area contributed by atoms with Crippen molar-refractivity contribution in [3.8, 4) is 0 Å². The van der Waals surface area contributed by atoms with Crippen LogP contribution < -0.4 is 0 Å². The lowest BCUT2D eigenvalue weighted by molar-refractivity contribution is 0.0485. The van der Waals surface area contributed by atoms with Crippen LogP contribution >= 0.6 is 0 Å². The van der Waals surface area contributed by atoms with Crippen molar-refractivity contribution < 1.29 is 39.2 Å². The smallest absolute Gasteiger partial charge is 0.339 e. The maximum Gasteiger partial charge on any atom is 0.339 e. The van der Waals surface area contributed by atoms with E-state index in [9.17, 15) is 29.4 Å². The van der Waals surface area contributed by atoms with Crippen LogP contribution in [0.25, 0.3) is 0 Å². The number of carbonyl (C=O) groups is 4. The van der Waals surface area contributed by atoms with Crippen LogP contribution in [0.15, 0.2) is 12.1 Å². The fourth-order valence-corrected chi connectivity index (χ4v) is 3.58. The average Bonchev–Trinajstić information content (AvgIpc) is 2.75. The van der Waals surface area contributed by atoms with Gasteiger partial charge in [0.1, 0.15) is 0 Å². The highest BCUT2D eigenvalue weighted by Gasteiger charge is 2.30. The molecule has 1 rings (SSSR count). The third-order valence-corrected chi connectivity index (χ3v) is 5.31. The highest BCUT2D eigenvalue weighted by Crippen LogP contribution is 2.22. The Hall–Kier alpha value is -2.90. The van der Waals surface area contributed by atoms with Gasteiger partial charge in [-0.25, -0.2) is 19.2 Å². The van der Waals surface area contributed by atoms with Gasteiger partial charge in [-0.1, -0.05) is 77.6 Å². The van der Waals surface area contributed by atoms with Crippen LogP contribution in [-0.2, 0) is 4.74 Å². The summed E-state index contributed by atoms with van der Waals surface area (Å²) < 4.78 is 5.10. The molecule has 32 heavy (non-hydrogen) atoms. The van der Waals surface area contributed by atoms with E-state index in [2.05, 4.69) is 6.92 Å². The predicted octanol–water partition coefficient (Wildman–Crippen LogP) is 5.64. The fourth-order valence-electron chi connectivity index (χ4n) is 3.58. The second-order valence-corrected chi connectivity index (χ2v) is 7.85. The molecule has 0 aromatic heterocycles. The molecule has 0 aliphatic rings. The first-order valence-corrected chi connectivity index (χ1v) is 11.3.